The summed E-state index contributed by atoms with van der Waals surface area (Å²) in [6.07, 6.45) is 1.77. The normalized spacial score (nSPS) is 12.9. The fraction of sp³-hybridized carbons (Fsp3) is 0.400. The van der Waals surface area contributed by atoms with Crippen molar-refractivity contribution in [2.45, 2.75) is 46.0 Å². The van der Waals surface area contributed by atoms with Gasteiger partial charge in [0.2, 0.25) is 16.6 Å². The Morgan fingerprint density at radius 2 is 1.19 bits per heavy atom. The highest BCUT2D eigenvalue weighted by atomic mass is 31.2. The second-order valence-corrected chi connectivity index (χ2v) is 17.4. The van der Waals surface area contributed by atoms with Crippen molar-refractivity contribution in [1.29, 1.82) is 0 Å². The molecular formula is C20H31O4PSi2. The zero-order valence-electron chi connectivity index (χ0n) is 17.0. The molecule has 2 aromatic rings. The van der Waals surface area contributed by atoms with Crippen LogP contribution < -0.4 is 10.4 Å². The monoisotopic (exact) mass is 422 g/mol. The topological polar surface area (TPSA) is 44.8 Å². The van der Waals surface area contributed by atoms with Crippen LogP contribution in [-0.2, 0) is 17.5 Å². The van der Waals surface area contributed by atoms with Gasteiger partial charge >= 0.3 is 7.82 Å². The van der Waals surface area contributed by atoms with Gasteiger partial charge in [0.15, 0.2) is 0 Å². The Morgan fingerprint density at radius 1 is 0.778 bits per heavy atom. The first-order chi connectivity index (χ1) is 12.7. The van der Waals surface area contributed by atoms with E-state index >= 15 is 0 Å². The van der Waals surface area contributed by atoms with Crippen molar-refractivity contribution < 1.29 is 17.5 Å². The van der Waals surface area contributed by atoms with Gasteiger partial charge in [-0.15, -0.1) is 0 Å². The van der Waals surface area contributed by atoms with Crippen LogP contribution in [0.5, 0.6) is 0 Å². The van der Waals surface area contributed by atoms with Gasteiger partial charge in [-0.05, 0) is 43.0 Å². The second kappa shape index (κ2) is 9.46. The highest BCUT2D eigenvalue weighted by molar-refractivity contribution is 7.52. The quantitative estimate of drug-likeness (QED) is 0.301. The van der Waals surface area contributed by atoms with Crippen LogP contribution in [0.2, 0.25) is 26.2 Å². The van der Waals surface area contributed by atoms with Gasteiger partial charge in [-0.3, -0.25) is 4.52 Å². The number of phosphoric acid groups is 1. The van der Waals surface area contributed by atoms with E-state index in [2.05, 4.69) is 6.92 Å². The van der Waals surface area contributed by atoms with Crippen molar-refractivity contribution >= 4 is 34.8 Å². The summed E-state index contributed by atoms with van der Waals surface area (Å²) in [6.45, 7) is 10.5. The summed E-state index contributed by atoms with van der Waals surface area (Å²) < 4.78 is 31.8. The first-order valence-electron chi connectivity index (χ1n) is 9.46. The minimum absolute atomic E-state index is 0.367. The Bertz CT molecular complexity index is 694. The Kier molecular flexibility index (Phi) is 7.80. The van der Waals surface area contributed by atoms with Crippen LogP contribution in [0.1, 0.15) is 19.8 Å². The lowest BCUT2D eigenvalue weighted by Gasteiger charge is -2.33. The lowest BCUT2D eigenvalue weighted by Crippen LogP contribution is -2.47. The SMILES string of the molecule is CCCCOP(=O)(O[Si](C)(C)c1ccccc1)O[Si](C)(C)c1ccccc1. The summed E-state index contributed by atoms with van der Waals surface area (Å²) >= 11 is 0. The third-order valence-corrected chi connectivity index (χ3v) is 13.8. The fourth-order valence-corrected chi connectivity index (χ4v) is 11.3. The molecule has 4 nitrogen and oxygen atoms in total. The third kappa shape index (κ3) is 6.52. The molecule has 0 spiro atoms. The van der Waals surface area contributed by atoms with Gasteiger partial charge in [0.05, 0.1) is 6.61 Å². The highest BCUT2D eigenvalue weighted by Gasteiger charge is 2.43. The highest BCUT2D eigenvalue weighted by Crippen LogP contribution is 2.54. The van der Waals surface area contributed by atoms with Crippen molar-refractivity contribution in [3.05, 3.63) is 60.7 Å². The van der Waals surface area contributed by atoms with E-state index in [4.69, 9.17) is 12.9 Å². The molecule has 0 heterocycles. The van der Waals surface area contributed by atoms with E-state index in [0.717, 1.165) is 23.2 Å². The first-order valence-corrected chi connectivity index (χ1v) is 16.7. The zero-order chi connectivity index (χ0) is 20.0. The van der Waals surface area contributed by atoms with E-state index in [0.29, 0.717) is 6.61 Å². The molecule has 2 rings (SSSR count). The smallest absolute Gasteiger partial charge is 0.325 e. The van der Waals surface area contributed by atoms with Gasteiger partial charge in [-0.1, -0.05) is 74.0 Å². The standard InChI is InChI=1S/C20H31O4PSi2/c1-6-7-18-22-25(21,23-26(2,3)19-14-10-8-11-15-19)24-27(4,5)20-16-12-9-13-17-20/h8-17H,6-7,18H2,1-5H3. The average Bonchev–Trinajstić information content (AvgIpc) is 2.62. The molecular weight excluding hydrogens is 391 g/mol. The molecule has 0 bridgehead atoms. The van der Waals surface area contributed by atoms with Crippen molar-refractivity contribution in [3.8, 4) is 0 Å². The molecule has 0 aromatic heterocycles. The minimum atomic E-state index is -3.70. The van der Waals surface area contributed by atoms with Gasteiger partial charge < -0.3 is 8.43 Å². The lowest BCUT2D eigenvalue weighted by atomic mass is 10.4. The van der Waals surface area contributed by atoms with Crippen molar-refractivity contribution in [2.24, 2.45) is 0 Å². The molecule has 0 N–H and O–H groups in total. The number of rotatable bonds is 10. The number of hydrogen-bond donors (Lipinski definition) is 0. The molecule has 0 amide bonds. The van der Waals surface area contributed by atoms with E-state index in [1.165, 1.54) is 0 Å². The van der Waals surface area contributed by atoms with Gasteiger partial charge in [0.1, 0.15) is 0 Å². The maximum Gasteiger partial charge on any atom is 0.455 e. The Morgan fingerprint density at radius 3 is 1.56 bits per heavy atom. The van der Waals surface area contributed by atoms with Gasteiger partial charge in [0.25, 0.3) is 0 Å². The van der Waals surface area contributed by atoms with Gasteiger partial charge in [-0.2, -0.15) is 0 Å². The Hall–Kier alpha value is -1.02. The Balaban J connectivity index is 2.27. The number of hydrogen-bond acceptors (Lipinski definition) is 4. The maximum absolute atomic E-state index is 13.7. The third-order valence-electron chi connectivity index (χ3n) is 4.37. The van der Waals surface area contributed by atoms with E-state index in [1.807, 2.05) is 86.9 Å². The molecule has 0 aliphatic heterocycles. The van der Waals surface area contributed by atoms with Crippen LogP contribution >= 0.6 is 7.82 Å². The molecule has 27 heavy (non-hydrogen) atoms. The second-order valence-electron chi connectivity index (χ2n) is 7.57. The summed E-state index contributed by atoms with van der Waals surface area (Å²) in [4.78, 5) is 0. The van der Waals surface area contributed by atoms with E-state index in [-0.39, 0.29) is 0 Å². The van der Waals surface area contributed by atoms with Crippen LogP contribution in [-0.4, -0.2) is 23.2 Å². The van der Waals surface area contributed by atoms with Crippen LogP contribution in [0.3, 0.4) is 0 Å². The molecule has 148 valence electrons. The minimum Gasteiger partial charge on any atom is -0.325 e. The molecule has 0 saturated carbocycles. The summed E-state index contributed by atoms with van der Waals surface area (Å²) in [5, 5.41) is 2.12. The molecule has 2 aromatic carbocycles. The van der Waals surface area contributed by atoms with E-state index in [1.54, 1.807) is 0 Å². The van der Waals surface area contributed by atoms with Crippen LogP contribution in [0.4, 0.5) is 0 Å². The van der Waals surface area contributed by atoms with E-state index < -0.39 is 24.5 Å². The predicted molar refractivity (Wildman–Crippen MR) is 118 cm³/mol. The maximum atomic E-state index is 13.7. The van der Waals surface area contributed by atoms with Gasteiger partial charge in [-0.25, -0.2) is 4.57 Å². The molecule has 0 aliphatic carbocycles. The molecule has 0 unspecified atom stereocenters. The molecule has 0 radical (unpaired) electrons. The summed E-state index contributed by atoms with van der Waals surface area (Å²) in [5.41, 5.74) is 0. The van der Waals surface area contributed by atoms with Crippen LogP contribution in [0, 0.1) is 0 Å². The number of benzene rings is 2. The van der Waals surface area contributed by atoms with Crippen molar-refractivity contribution in [1.82, 2.24) is 0 Å². The molecule has 0 fully saturated rings. The number of unbranched alkanes of at least 4 members (excludes halogenated alkanes) is 1. The molecule has 0 saturated heterocycles. The van der Waals surface area contributed by atoms with Crippen LogP contribution in [0.15, 0.2) is 60.7 Å². The predicted octanol–water partition coefficient (Wildman–Crippen LogP) is 5.17. The first kappa shape index (κ1) is 22.3. The van der Waals surface area contributed by atoms with Crippen LogP contribution in [0.25, 0.3) is 0 Å². The van der Waals surface area contributed by atoms with Gasteiger partial charge in [0, 0.05) is 0 Å². The van der Waals surface area contributed by atoms with E-state index in [9.17, 15) is 4.57 Å². The molecule has 0 aliphatic rings. The van der Waals surface area contributed by atoms with Crippen molar-refractivity contribution in [3.63, 3.8) is 0 Å². The van der Waals surface area contributed by atoms with Crippen molar-refractivity contribution in [2.75, 3.05) is 6.61 Å². The molecule has 0 atom stereocenters. The Labute approximate surface area is 165 Å². The average molecular weight is 423 g/mol. The lowest BCUT2D eigenvalue weighted by molar-refractivity contribution is 0.205. The summed E-state index contributed by atoms with van der Waals surface area (Å²) in [5.74, 6) is 0. The molecule has 7 heteroatoms. The fourth-order valence-electron chi connectivity index (χ4n) is 2.74. The summed E-state index contributed by atoms with van der Waals surface area (Å²) in [7, 11) is -8.63. The zero-order valence-corrected chi connectivity index (χ0v) is 19.9. The summed E-state index contributed by atoms with van der Waals surface area (Å²) in [6, 6.07) is 19.9. The largest absolute Gasteiger partial charge is 0.455 e.